The third-order valence-electron chi connectivity index (χ3n) is 2.81. The maximum Gasteiger partial charge on any atom is 0.188 e. The molecule has 0 radical (unpaired) electrons. The molecule has 0 aliphatic heterocycles. The molecule has 0 spiro atoms. The van der Waals surface area contributed by atoms with Crippen molar-refractivity contribution in [3.63, 3.8) is 0 Å². The van der Waals surface area contributed by atoms with Crippen LogP contribution in [0.15, 0.2) is 17.1 Å². The van der Waals surface area contributed by atoms with Crippen molar-refractivity contribution in [2.45, 2.75) is 30.9 Å². The molecule has 0 aromatic heterocycles. The molecule has 0 aromatic rings. The summed E-state index contributed by atoms with van der Waals surface area (Å²) in [6, 6.07) is 0. The van der Waals surface area contributed by atoms with Crippen molar-refractivity contribution in [1.82, 2.24) is 5.32 Å². The fraction of sp³-hybridized carbons (Fsp3) is 0.727. The highest BCUT2D eigenvalue weighted by atomic mass is 32.2. The Morgan fingerprint density at radius 2 is 2.27 bits per heavy atom. The van der Waals surface area contributed by atoms with Crippen LogP contribution in [0.25, 0.3) is 0 Å². The van der Waals surface area contributed by atoms with E-state index in [9.17, 15) is 0 Å². The first-order valence-corrected chi connectivity index (χ1v) is 6.54. The first kappa shape index (κ1) is 12.4. The van der Waals surface area contributed by atoms with E-state index in [0.29, 0.717) is 17.3 Å². The number of rotatable bonds is 5. The second kappa shape index (κ2) is 5.45. The normalized spacial score (nSPS) is 19.5. The van der Waals surface area contributed by atoms with Gasteiger partial charge >= 0.3 is 0 Å². The van der Waals surface area contributed by atoms with Gasteiger partial charge in [-0.25, -0.2) is 0 Å². The summed E-state index contributed by atoms with van der Waals surface area (Å²) in [6.45, 7) is 7.32. The monoisotopic (exact) mass is 227 g/mol. The van der Waals surface area contributed by atoms with Crippen LogP contribution in [0.4, 0.5) is 0 Å². The largest absolute Gasteiger partial charge is 0.370 e. The van der Waals surface area contributed by atoms with Crippen LogP contribution in [0.3, 0.4) is 0 Å². The van der Waals surface area contributed by atoms with Gasteiger partial charge in [0.25, 0.3) is 0 Å². The van der Waals surface area contributed by atoms with Gasteiger partial charge in [0.2, 0.25) is 0 Å². The zero-order chi connectivity index (χ0) is 11.3. The average molecular weight is 227 g/mol. The van der Waals surface area contributed by atoms with E-state index in [2.05, 4.69) is 23.1 Å². The Morgan fingerprint density at radius 3 is 2.67 bits per heavy atom. The van der Waals surface area contributed by atoms with E-state index in [4.69, 9.17) is 5.73 Å². The van der Waals surface area contributed by atoms with Crippen molar-refractivity contribution in [2.75, 3.05) is 19.3 Å². The number of aliphatic imine (C=N–C) groups is 1. The van der Waals surface area contributed by atoms with Gasteiger partial charge in [0.05, 0.1) is 6.54 Å². The summed E-state index contributed by atoms with van der Waals surface area (Å²) in [4.78, 5) is 4.38. The summed E-state index contributed by atoms with van der Waals surface area (Å²) in [5.41, 5.74) is 6.82. The van der Waals surface area contributed by atoms with Gasteiger partial charge in [0.15, 0.2) is 5.96 Å². The molecule has 86 valence electrons. The van der Waals surface area contributed by atoms with E-state index in [1.807, 2.05) is 18.7 Å². The molecular weight excluding hydrogens is 206 g/mol. The molecule has 0 heterocycles. The van der Waals surface area contributed by atoms with E-state index in [1.54, 1.807) is 0 Å². The van der Waals surface area contributed by atoms with Crippen LogP contribution in [-0.2, 0) is 0 Å². The van der Waals surface area contributed by atoms with Gasteiger partial charge in [0, 0.05) is 11.3 Å². The first-order chi connectivity index (χ1) is 7.08. The van der Waals surface area contributed by atoms with E-state index in [1.165, 1.54) is 19.3 Å². The molecule has 1 aliphatic carbocycles. The highest BCUT2D eigenvalue weighted by molar-refractivity contribution is 8.00. The van der Waals surface area contributed by atoms with E-state index < -0.39 is 0 Å². The van der Waals surface area contributed by atoms with E-state index in [0.717, 1.165) is 12.1 Å². The van der Waals surface area contributed by atoms with Gasteiger partial charge in [-0.15, -0.1) is 0 Å². The van der Waals surface area contributed by atoms with Gasteiger partial charge in [-0.05, 0) is 26.0 Å². The molecule has 15 heavy (non-hydrogen) atoms. The molecular formula is C11H21N3S. The van der Waals surface area contributed by atoms with Crippen LogP contribution in [0, 0.1) is 0 Å². The van der Waals surface area contributed by atoms with E-state index in [-0.39, 0.29) is 0 Å². The Morgan fingerprint density at radius 1 is 1.60 bits per heavy atom. The SMILES string of the molecule is C=C(C)CNC(N)=NCC1(SC)CCC1. The number of guanidine groups is 1. The molecule has 0 saturated heterocycles. The van der Waals surface area contributed by atoms with Crippen molar-refractivity contribution in [1.29, 1.82) is 0 Å². The number of nitrogens with two attached hydrogens (primary N) is 1. The van der Waals surface area contributed by atoms with Gasteiger partial charge in [0.1, 0.15) is 0 Å². The Balaban J connectivity index is 2.32. The Hall–Kier alpha value is -0.640. The quantitative estimate of drug-likeness (QED) is 0.427. The standard InChI is InChI=1S/C11H21N3S/c1-9(2)7-13-10(12)14-8-11(15-3)5-4-6-11/h1,4-8H2,2-3H3,(H3,12,13,14). The van der Waals surface area contributed by atoms with Crippen molar-refractivity contribution in [2.24, 2.45) is 10.7 Å². The molecule has 3 nitrogen and oxygen atoms in total. The molecule has 1 fully saturated rings. The van der Waals surface area contributed by atoms with Gasteiger partial charge in [-0.3, -0.25) is 4.99 Å². The predicted octanol–water partition coefficient (Wildman–Crippen LogP) is 1.75. The second-order valence-electron chi connectivity index (χ2n) is 4.25. The Kier molecular flexibility index (Phi) is 4.51. The average Bonchev–Trinajstić information content (AvgIpc) is 2.14. The third-order valence-corrected chi connectivity index (χ3v) is 4.21. The first-order valence-electron chi connectivity index (χ1n) is 5.31. The molecule has 0 bridgehead atoms. The second-order valence-corrected chi connectivity index (χ2v) is 5.53. The maximum atomic E-state index is 5.75. The zero-order valence-corrected chi connectivity index (χ0v) is 10.5. The lowest BCUT2D eigenvalue weighted by Crippen LogP contribution is -2.39. The van der Waals surface area contributed by atoms with E-state index >= 15 is 0 Å². The Labute approximate surface area is 96.6 Å². The van der Waals surface area contributed by atoms with Crippen LogP contribution in [0.1, 0.15) is 26.2 Å². The topological polar surface area (TPSA) is 50.4 Å². The summed E-state index contributed by atoms with van der Waals surface area (Å²) < 4.78 is 0.371. The number of nitrogens with one attached hydrogen (secondary N) is 1. The summed E-state index contributed by atoms with van der Waals surface area (Å²) in [5, 5.41) is 3.05. The van der Waals surface area contributed by atoms with Crippen molar-refractivity contribution in [3.8, 4) is 0 Å². The zero-order valence-electron chi connectivity index (χ0n) is 9.68. The molecule has 1 rings (SSSR count). The molecule has 4 heteroatoms. The fourth-order valence-electron chi connectivity index (χ4n) is 1.52. The van der Waals surface area contributed by atoms with Gasteiger partial charge in [-0.1, -0.05) is 18.6 Å². The summed E-state index contributed by atoms with van der Waals surface area (Å²) in [7, 11) is 0. The maximum absolute atomic E-state index is 5.75. The molecule has 1 saturated carbocycles. The third kappa shape index (κ3) is 3.78. The van der Waals surface area contributed by atoms with Crippen LogP contribution in [0.2, 0.25) is 0 Å². The van der Waals surface area contributed by atoms with Gasteiger partial charge in [-0.2, -0.15) is 11.8 Å². The lowest BCUT2D eigenvalue weighted by molar-refractivity contribution is 0.372. The minimum absolute atomic E-state index is 0.371. The fourth-order valence-corrected chi connectivity index (χ4v) is 2.42. The van der Waals surface area contributed by atoms with Crippen LogP contribution in [-0.4, -0.2) is 30.1 Å². The van der Waals surface area contributed by atoms with Crippen LogP contribution < -0.4 is 11.1 Å². The van der Waals surface area contributed by atoms with Gasteiger partial charge < -0.3 is 11.1 Å². The Bertz CT molecular complexity index is 251. The lowest BCUT2D eigenvalue weighted by atomic mass is 9.84. The number of hydrogen-bond donors (Lipinski definition) is 2. The molecule has 0 aromatic carbocycles. The van der Waals surface area contributed by atoms with Crippen molar-refractivity contribution < 1.29 is 0 Å². The molecule has 3 N–H and O–H groups in total. The highest BCUT2D eigenvalue weighted by Crippen LogP contribution is 2.42. The number of thioether (sulfide) groups is 1. The lowest BCUT2D eigenvalue weighted by Gasteiger charge is -2.39. The molecule has 0 unspecified atom stereocenters. The smallest absolute Gasteiger partial charge is 0.188 e. The molecule has 0 atom stereocenters. The molecule has 0 amide bonds. The number of nitrogens with zero attached hydrogens (tertiary/aromatic N) is 1. The summed E-state index contributed by atoms with van der Waals surface area (Å²) in [5.74, 6) is 0.540. The highest BCUT2D eigenvalue weighted by Gasteiger charge is 2.35. The predicted molar refractivity (Wildman–Crippen MR) is 69.4 cm³/mol. The molecule has 1 aliphatic rings. The number of hydrogen-bond acceptors (Lipinski definition) is 2. The summed E-state index contributed by atoms with van der Waals surface area (Å²) >= 11 is 1.92. The van der Waals surface area contributed by atoms with Crippen LogP contribution in [0.5, 0.6) is 0 Å². The summed E-state index contributed by atoms with van der Waals surface area (Å²) in [6.07, 6.45) is 6.03. The van der Waals surface area contributed by atoms with Crippen molar-refractivity contribution in [3.05, 3.63) is 12.2 Å². The van der Waals surface area contributed by atoms with Crippen molar-refractivity contribution >= 4 is 17.7 Å². The minimum atomic E-state index is 0.371. The van der Waals surface area contributed by atoms with Crippen LogP contribution >= 0.6 is 11.8 Å². The minimum Gasteiger partial charge on any atom is -0.370 e.